The van der Waals surface area contributed by atoms with Gasteiger partial charge >= 0.3 is 0 Å². The summed E-state index contributed by atoms with van der Waals surface area (Å²) in [6.45, 7) is 2.47. The first-order valence-electron chi connectivity index (χ1n) is 10.7. The van der Waals surface area contributed by atoms with Crippen LogP contribution in [0.5, 0.6) is 5.75 Å². The molecule has 3 aromatic carbocycles. The molecule has 1 heterocycles. The zero-order chi connectivity index (χ0) is 22.2. The third-order valence-electron chi connectivity index (χ3n) is 5.47. The molecule has 4 aromatic rings. The lowest BCUT2D eigenvalue weighted by atomic mass is 9.88. The minimum Gasteiger partial charge on any atom is -0.485 e. The van der Waals surface area contributed by atoms with Gasteiger partial charge in [-0.05, 0) is 41.3 Å². The van der Waals surface area contributed by atoms with Gasteiger partial charge in [0.15, 0.2) is 11.6 Å². The molecule has 0 spiro atoms. The van der Waals surface area contributed by atoms with Crippen LogP contribution in [-0.2, 0) is 11.4 Å². The largest absolute Gasteiger partial charge is 0.485 e. The maximum atomic E-state index is 13.0. The number of anilines is 1. The highest BCUT2D eigenvalue weighted by Gasteiger charge is 2.19. The van der Waals surface area contributed by atoms with Crippen LogP contribution in [0.2, 0.25) is 0 Å². The molecule has 1 amide bonds. The standard InChI is InChI=1S/C28H26N2O2/c1-21-11-8-9-16-24(21)20-32-26-17-10-18-29-28(26)30-27(31)19-25(22-12-4-2-5-13-22)23-14-6-3-7-15-23/h2-18,25H,19-20H2,1H3,(H,29,30,31). The van der Waals surface area contributed by atoms with Crippen molar-refractivity contribution in [3.05, 3.63) is 126 Å². The predicted octanol–water partition coefficient (Wildman–Crippen LogP) is 6.13. The SMILES string of the molecule is Cc1ccccc1COc1cccnc1NC(=O)CC(c1ccccc1)c1ccccc1. The summed E-state index contributed by atoms with van der Waals surface area (Å²) in [6, 6.07) is 31.9. The monoisotopic (exact) mass is 422 g/mol. The van der Waals surface area contributed by atoms with Crippen molar-refractivity contribution < 1.29 is 9.53 Å². The second kappa shape index (κ2) is 10.4. The highest BCUT2D eigenvalue weighted by molar-refractivity contribution is 5.92. The molecule has 0 aliphatic rings. The Balaban J connectivity index is 1.49. The fourth-order valence-electron chi connectivity index (χ4n) is 3.70. The van der Waals surface area contributed by atoms with Crippen molar-refractivity contribution in [3.63, 3.8) is 0 Å². The van der Waals surface area contributed by atoms with E-state index in [4.69, 9.17) is 4.74 Å². The molecule has 0 aliphatic carbocycles. The average Bonchev–Trinajstić information content (AvgIpc) is 2.84. The van der Waals surface area contributed by atoms with E-state index in [9.17, 15) is 4.79 Å². The van der Waals surface area contributed by atoms with Gasteiger partial charge in [-0.2, -0.15) is 0 Å². The Morgan fingerprint density at radius 1 is 0.844 bits per heavy atom. The smallest absolute Gasteiger partial charge is 0.226 e. The van der Waals surface area contributed by atoms with E-state index in [1.807, 2.05) is 60.7 Å². The molecule has 0 saturated carbocycles. The number of hydrogen-bond acceptors (Lipinski definition) is 3. The lowest BCUT2D eigenvalue weighted by molar-refractivity contribution is -0.116. The second-order valence-electron chi connectivity index (χ2n) is 7.69. The van der Waals surface area contributed by atoms with Gasteiger partial charge in [0, 0.05) is 18.5 Å². The summed E-state index contributed by atoms with van der Waals surface area (Å²) in [5.41, 5.74) is 4.47. The summed E-state index contributed by atoms with van der Waals surface area (Å²) in [4.78, 5) is 17.4. The molecule has 0 aliphatic heterocycles. The molecule has 32 heavy (non-hydrogen) atoms. The molecule has 4 rings (SSSR count). The number of pyridine rings is 1. The molecule has 0 fully saturated rings. The summed E-state index contributed by atoms with van der Waals surface area (Å²) < 4.78 is 6.00. The molecule has 0 atom stereocenters. The topological polar surface area (TPSA) is 51.2 Å². The van der Waals surface area contributed by atoms with Crippen LogP contribution in [0.4, 0.5) is 5.82 Å². The number of ether oxygens (including phenoxy) is 1. The van der Waals surface area contributed by atoms with E-state index >= 15 is 0 Å². The third-order valence-corrected chi connectivity index (χ3v) is 5.47. The van der Waals surface area contributed by atoms with Crippen LogP contribution < -0.4 is 10.1 Å². The van der Waals surface area contributed by atoms with Crippen LogP contribution >= 0.6 is 0 Å². The third kappa shape index (κ3) is 5.41. The number of rotatable bonds is 8. The first kappa shape index (κ1) is 21.3. The van der Waals surface area contributed by atoms with Crippen molar-refractivity contribution in [2.45, 2.75) is 25.9 Å². The molecule has 160 valence electrons. The highest BCUT2D eigenvalue weighted by atomic mass is 16.5. The normalized spacial score (nSPS) is 10.7. The van der Waals surface area contributed by atoms with Gasteiger partial charge < -0.3 is 10.1 Å². The number of amides is 1. The molecule has 4 heteroatoms. The predicted molar refractivity (Wildman–Crippen MR) is 128 cm³/mol. The quantitative estimate of drug-likeness (QED) is 0.372. The maximum Gasteiger partial charge on any atom is 0.226 e. The molecule has 0 unspecified atom stereocenters. The lowest BCUT2D eigenvalue weighted by Crippen LogP contribution is -2.18. The number of nitrogens with zero attached hydrogens (tertiary/aromatic N) is 1. The minimum absolute atomic E-state index is 0.0440. The van der Waals surface area contributed by atoms with Crippen LogP contribution in [0.3, 0.4) is 0 Å². The Labute approximate surface area is 188 Å². The number of aromatic nitrogens is 1. The number of carbonyl (C=O) groups is 1. The summed E-state index contributed by atoms with van der Waals surface area (Å²) in [6.07, 6.45) is 1.96. The Morgan fingerprint density at radius 3 is 2.12 bits per heavy atom. The molecule has 4 nitrogen and oxygen atoms in total. The van der Waals surface area contributed by atoms with Gasteiger partial charge in [0.2, 0.25) is 5.91 Å². The number of aryl methyl sites for hydroxylation is 1. The van der Waals surface area contributed by atoms with E-state index in [1.54, 1.807) is 12.3 Å². The van der Waals surface area contributed by atoms with Crippen molar-refractivity contribution in [2.24, 2.45) is 0 Å². The van der Waals surface area contributed by atoms with Crippen molar-refractivity contribution in [1.29, 1.82) is 0 Å². The number of nitrogens with one attached hydrogen (secondary N) is 1. The first-order chi connectivity index (χ1) is 15.7. The van der Waals surface area contributed by atoms with E-state index < -0.39 is 0 Å². The van der Waals surface area contributed by atoms with Crippen LogP contribution in [0.1, 0.15) is 34.6 Å². The lowest BCUT2D eigenvalue weighted by Gasteiger charge is -2.18. The molecular weight excluding hydrogens is 396 g/mol. The summed E-state index contributed by atoms with van der Waals surface area (Å²) >= 11 is 0. The van der Waals surface area contributed by atoms with E-state index in [0.29, 0.717) is 24.6 Å². The molecule has 1 aromatic heterocycles. The number of benzene rings is 3. The highest BCUT2D eigenvalue weighted by Crippen LogP contribution is 2.29. The summed E-state index contributed by atoms with van der Waals surface area (Å²) in [7, 11) is 0. The minimum atomic E-state index is -0.109. The molecular formula is C28H26N2O2. The molecule has 0 bridgehead atoms. The molecule has 0 radical (unpaired) electrons. The second-order valence-corrected chi connectivity index (χ2v) is 7.69. The van der Waals surface area contributed by atoms with Crippen molar-refractivity contribution in [1.82, 2.24) is 4.98 Å². The molecule has 1 N–H and O–H groups in total. The Bertz CT molecular complexity index is 1120. The van der Waals surface area contributed by atoms with Crippen molar-refractivity contribution in [2.75, 3.05) is 5.32 Å². The van der Waals surface area contributed by atoms with Crippen LogP contribution in [0, 0.1) is 6.92 Å². The van der Waals surface area contributed by atoms with Gasteiger partial charge in [0.05, 0.1) is 0 Å². The Kier molecular flexibility index (Phi) is 6.93. The van der Waals surface area contributed by atoms with E-state index in [0.717, 1.165) is 22.3 Å². The fraction of sp³-hybridized carbons (Fsp3) is 0.143. The van der Waals surface area contributed by atoms with Crippen molar-refractivity contribution in [3.8, 4) is 5.75 Å². The van der Waals surface area contributed by atoms with Crippen molar-refractivity contribution >= 4 is 11.7 Å². The Hall–Kier alpha value is -3.92. The first-order valence-corrected chi connectivity index (χ1v) is 10.7. The number of carbonyl (C=O) groups excluding carboxylic acids is 1. The zero-order valence-corrected chi connectivity index (χ0v) is 18.1. The van der Waals surface area contributed by atoms with Gasteiger partial charge in [-0.15, -0.1) is 0 Å². The van der Waals surface area contributed by atoms with E-state index in [-0.39, 0.29) is 11.8 Å². The fourth-order valence-corrected chi connectivity index (χ4v) is 3.70. The van der Waals surface area contributed by atoms with Gasteiger partial charge in [-0.25, -0.2) is 4.98 Å². The van der Waals surface area contributed by atoms with E-state index in [2.05, 4.69) is 47.6 Å². The van der Waals surface area contributed by atoms with Crippen LogP contribution in [0.15, 0.2) is 103 Å². The van der Waals surface area contributed by atoms with E-state index in [1.165, 1.54) is 0 Å². The summed E-state index contributed by atoms with van der Waals surface area (Å²) in [5, 5.41) is 2.96. The van der Waals surface area contributed by atoms with Gasteiger partial charge in [-0.1, -0.05) is 84.9 Å². The maximum absolute atomic E-state index is 13.0. The van der Waals surface area contributed by atoms with Gasteiger partial charge in [0.25, 0.3) is 0 Å². The Morgan fingerprint density at radius 2 is 1.47 bits per heavy atom. The van der Waals surface area contributed by atoms with Crippen LogP contribution in [-0.4, -0.2) is 10.9 Å². The molecule has 0 saturated heterocycles. The number of hydrogen-bond donors (Lipinski definition) is 1. The zero-order valence-electron chi connectivity index (χ0n) is 18.1. The van der Waals surface area contributed by atoms with Gasteiger partial charge in [0.1, 0.15) is 6.61 Å². The van der Waals surface area contributed by atoms with Gasteiger partial charge in [-0.3, -0.25) is 4.79 Å². The average molecular weight is 423 g/mol. The van der Waals surface area contributed by atoms with Crippen LogP contribution in [0.25, 0.3) is 0 Å². The summed E-state index contributed by atoms with van der Waals surface area (Å²) in [5.74, 6) is 0.839.